The fourth-order valence-corrected chi connectivity index (χ4v) is 1.91. The molecule has 2 aromatic rings. The second-order valence-corrected chi connectivity index (χ2v) is 6.68. The molecule has 0 saturated carbocycles. The zero-order chi connectivity index (χ0) is 18.3. The van der Waals surface area contributed by atoms with Gasteiger partial charge in [0.25, 0.3) is 0 Å². The number of amides is 2. The average molecular weight is 339 g/mol. The number of anilines is 1. The van der Waals surface area contributed by atoms with Crippen LogP contribution in [0.5, 0.6) is 0 Å². The molecule has 1 radical (unpaired) electrons. The van der Waals surface area contributed by atoms with E-state index in [0.29, 0.717) is 5.69 Å². The van der Waals surface area contributed by atoms with Gasteiger partial charge in [0.1, 0.15) is 6.61 Å². The van der Waals surface area contributed by atoms with E-state index in [1.807, 2.05) is 51.1 Å². The lowest BCUT2D eigenvalue weighted by Crippen LogP contribution is -2.33. The van der Waals surface area contributed by atoms with Crippen molar-refractivity contribution in [2.24, 2.45) is 5.41 Å². The molecule has 2 aromatic carbocycles. The van der Waals surface area contributed by atoms with E-state index < -0.39 is 11.5 Å². The molecular weight excluding hydrogens is 316 g/mol. The summed E-state index contributed by atoms with van der Waals surface area (Å²) in [6.45, 7) is 7.42. The van der Waals surface area contributed by atoms with Crippen LogP contribution >= 0.6 is 0 Å². The first kappa shape index (κ1) is 18.5. The first-order valence-electron chi connectivity index (χ1n) is 8.06. The molecule has 25 heavy (non-hydrogen) atoms. The first-order chi connectivity index (χ1) is 11.8. The Morgan fingerprint density at radius 2 is 1.64 bits per heavy atom. The molecule has 0 atom stereocenters. The third-order valence-electron chi connectivity index (χ3n) is 3.42. The Labute approximate surface area is 148 Å². The van der Waals surface area contributed by atoms with Gasteiger partial charge in [-0.2, -0.15) is 0 Å². The zero-order valence-electron chi connectivity index (χ0n) is 14.7. The molecule has 131 valence electrons. The molecule has 0 aliphatic heterocycles. The van der Waals surface area contributed by atoms with Crippen molar-refractivity contribution in [1.29, 1.82) is 0 Å². The van der Waals surface area contributed by atoms with Gasteiger partial charge in [-0.1, -0.05) is 63.2 Å². The molecule has 0 fully saturated rings. The minimum absolute atomic E-state index is 0.0563. The summed E-state index contributed by atoms with van der Waals surface area (Å²) in [6, 6.07) is 16.6. The van der Waals surface area contributed by atoms with Crippen LogP contribution in [0.2, 0.25) is 0 Å². The van der Waals surface area contributed by atoms with Crippen LogP contribution in [0, 0.1) is 12.0 Å². The molecule has 2 rings (SSSR count). The van der Waals surface area contributed by atoms with Gasteiger partial charge in [-0.3, -0.25) is 10.1 Å². The van der Waals surface area contributed by atoms with Crippen molar-refractivity contribution in [1.82, 2.24) is 5.32 Å². The largest absolute Gasteiger partial charge is 0.444 e. The Hall–Kier alpha value is -2.82. The summed E-state index contributed by atoms with van der Waals surface area (Å²) >= 11 is 0. The summed E-state index contributed by atoms with van der Waals surface area (Å²) in [4.78, 5) is 23.6. The number of hydrogen-bond donors (Lipinski definition) is 2. The van der Waals surface area contributed by atoms with Gasteiger partial charge in [-0.05, 0) is 23.3 Å². The summed E-state index contributed by atoms with van der Waals surface area (Å²) < 4.78 is 5.16. The van der Waals surface area contributed by atoms with Crippen LogP contribution in [0.15, 0.2) is 54.6 Å². The summed E-state index contributed by atoms with van der Waals surface area (Å²) in [7, 11) is 0. The summed E-state index contributed by atoms with van der Waals surface area (Å²) in [5, 5.41) is 5.43. The minimum Gasteiger partial charge on any atom is -0.444 e. The summed E-state index contributed by atoms with van der Waals surface area (Å²) in [6.07, 6.45) is -0.512. The highest BCUT2D eigenvalue weighted by atomic mass is 16.5. The van der Waals surface area contributed by atoms with Crippen LogP contribution in [0.3, 0.4) is 0 Å². The third-order valence-corrected chi connectivity index (χ3v) is 3.42. The van der Waals surface area contributed by atoms with Gasteiger partial charge < -0.3 is 10.1 Å². The number of ether oxygens (including phenoxy) is 1. The van der Waals surface area contributed by atoms with E-state index in [0.717, 1.165) is 11.1 Å². The predicted octanol–water partition coefficient (Wildman–Crippen LogP) is 4.11. The van der Waals surface area contributed by atoms with Gasteiger partial charge in [0.05, 0.1) is 6.54 Å². The van der Waals surface area contributed by atoms with Crippen LogP contribution in [0.25, 0.3) is 0 Å². The number of benzene rings is 2. The van der Waals surface area contributed by atoms with Crippen molar-refractivity contribution in [3.8, 4) is 0 Å². The maximum atomic E-state index is 11.8. The van der Waals surface area contributed by atoms with Crippen LogP contribution < -0.4 is 10.6 Å². The Kier molecular flexibility index (Phi) is 6.17. The zero-order valence-corrected chi connectivity index (χ0v) is 14.7. The van der Waals surface area contributed by atoms with Crippen molar-refractivity contribution in [2.75, 3.05) is 5.32 Å². The van der Waals surface area contributed by atoms with E-state index in [4.69, 9.17) is 4.74 Å². The maximum Gasteiger partial charge on any atom is 0.411 e. The molecule has 5 nitrogen and oxygen atoms in total. The molecular formula is C20H23N2O3. The van der Waals surface area contributed by atoms with Crippen LogP contribution in [0.1, 0.15) is 31.9 Å². The molecule has 0 aromatic heterocycles. The van der Waals surface area contributed by atoms with Crippen molar-refractivity contribution in [2.45, 2.75) is 27.4 Å². The second-order valence-electron chi connectivity index (χ2n) is 6.68. The maximum absolute atomic E-state index is 11.8. The Morgan fingerprint density at radius 1 is 1.00 bits per heavy atom. The number of carbonyl (C=O) groups excluding carboxylic acids is 2. The molecule has 2 N–H and O–H groups in total. The number of hydrogen-bond acceptors (Lipinski definition) is 3. The highest BCUT2D eigenvalue weighted by Crippen LogP contribution is 2.15. The highest BCUT2D eigenvalue weighted by molar-refractivity contribution is 5.84. The lowest BCUT2D eigenvalue weighted by Gasteiger charge is -2.17. The first-order valence-corrected chi connectivity index (χ1v) is 8.06. The highest BCUT2D eigenvalue weighted by Gasteiger charge is 2.20. The smallest absolute Gasteiger partial charge is 0.411 e. The molecule has 0 saturated heterocycles. The molecule has 0 aliphatic rings. The number of carbonyl (C=O) groups is 2. The van der Waals surface area contributed by atoms with E-state index in [9.17, 15) is 9.59 Å². The predicted molar refractivity (Wildman–Crippen MR) is 97.7 cm³/mol. The van der Waals surface area contributed by atoms with Crippen LogP contribution in [-0.4, -0.2) is 12.0 Å². The lowest BCUT2D eigenvalue weighted by atomic mass is 9.95. The monoisotopic (exact) mass is 339 g/mol. The summed E-state index contributed by atoms with van der Waals surface area (Å²) in [5.74, 6) is -0.0563. The average Bonchev–Trinajstić information content (AvgIpc) is 2.59. The Morgan fingerprint density at radius 3 is 2.24 bits per heavy atom. The van der Waals surface area contributed by atoms with Crippen LogP contribution in [-0.2, 0) is 16.1 Å². The number of rotatable bonds is 5. The molecule has 5 heteroatoms. The van der Waals surface area contributed by atoms with E-state index in [2.05, 4.69) is 10.6 Å². The van der Waals surface area contributed by atoms with Gasteiger partial charge >= 0.3 is 6.09 Å². The number of nitrogens with one attached hydrogen (secondary N) is 2. The van der Waals surface area contributed by atoms with E-state index in [1.165, 1.54) is 0 Å². The second kappa shape index (κ2) is 8.33. The van der Waals surface area contributed by atoms with Crippen molar-refractivity contribution in [3.63, 3.8) is 0 Å². The van der Waals surface area contributed by atoms with Crippen molar-refractivity contribution < 1.29 is 14.3 Å². The van der Waals surface area contributed by atoms with Gasteiger partial charge in [-0.15, -0.1) is 0 Å². The van der Waals surface area contributed by atoms with Crippen molar-refractivity contribution >= 4 is 17.7 Å². The quantitative estimate of drug-likeness (QED) is 0.861. The molecule has 0 heterocycles. The van der Waals surface area contributed by atoms with Gasteiger partial charge in [-0.25, -0.2) is 4.79 Å². The lowest BCUT2D eigenvalue weighted by molar-refractivity contribution is -0.127. The topological polar surface area (TPSA) is 67.4 Å². The minimum atomic E-state index is -0.512. The molecule has 0 spiro atoms. The van der Waals surface area contributed by atoms with E-state index >= 15 is 0 Å². The van der Waals surface area contributed by atoms with Crippen LogP contribution in [0.4, 0.5) is 10.5 Å². The van der Waals surface area contributed by atoms with Crippen molar-refractivity contribution in [3.05, 3.63) is 72.3 Å². The normalized spacial score (nSPS) is 10.8. The third kappa shape index (κ3) is 6.30. The van der Waals surface area contributed by atoms with E-state index in [1.54, 1.807) is 30.8 Å². The fourth-order valence-electron chi connectivity index (χ4n) is 1.91. The molecule has 0 bridgehead atoms. The molecule has 0 unspecified atom stereocenters. The molecule has 0 aliphatic carbocycles. The Balaban J connectivity index is 1.79. The SMILES string of the molecule is CC(C)(C)C(=O)N[CH]c1ccc(NC(=O)OCc2ccccc2)cc1. The van der Waals surface area contributed by atoms with Gasteiger partial charge in [0.15, 0.2) is 0 Å². The molecule has 2 amide bonds. The van der Waals surface area contributed by atoms with Gasteiger partial charge in [0, 0.05) is 11.1 Å². The standard InChI is InChI=1S/C20H23N2O3/c1-20(2,3)18(23)21-13-15-9-11-17(12-10-15)22-19(24)25-14-16-7-5-4-6-8-16/h4-13H,14H2,1-3H3,(H,21,23)(H,22,24). The fraction of sp³-hybridized carbons (Fsp3) is 0.250. The van der Waals surface area contributed by atoms with E-state index in [-0.39, 0.29) is 12.5 Å². The summed E-state index contributed by atoms with van der Waals surface area (Å²) in [5.41, 5.74) is 1.94. The van der Waals surface area contributed by atoms with Gasteiger partial charge in [0.2, 0.25) is 5.91 Å². The Bertz CT molecular complexity index is 704.